The molecule has 0 unspecified atom stereocenters. The van der Waals surface area contributed by atoms with Crippen LogP contribution in [0.3, 0.4) is 0 Å². The molecule has 6 nitrogen and oxygen atoms in total. The highest BCUT2D eigenvalue weighted by molar-refractivity contribution is 5.92. The van der Waals surface area contributed by atoms with Crippen molar-refractivity contribution in [2.75, 3.05) is 0 Å². The standard InChI is InChI=1S/C18H22N2O4/c19-15(17(21)22)10-12-11-20(16-9-5-4-8-14(12)16)18(23)24-13-6-2-1-3-7-13/h4-5,8-9,11,13,15H,1-3,6-7,10,19H2,(H,21,22)/t15-/m0/s1. The highest BCUT2D eigenvalue weighted by atomic mass is 16.6. The molecule has 3 rings (SSSR count). The molecule has 1 aromatic carbocycles. The number of carbonyl (C=O) groups excluding carboxylic acids is 1. The van der Waals surface area contributed by atoms with Crippen LogP contribution in [-0.4, -0.2) is 33.9 Å². The Morgan fingerprint density at radius 2 is 1.96 bits per heavy atom. The largest absolute Gasteiger partial charge is 0.480 e. The van der Waals surface area contributed by atoms with E-state index in [0.29, 0.717) is 5.52 Å². The van der Waals surface area contributed by atoms with Crippen LogP contribution >= 0.6 is 0 Å². The summed E-state index contributed by atoms with van der Waals surface area (Å²) in [5, 5.41) is 9.85. The number of nitrogens with zero attached hydrogens (tertiary/aromatic N) is 1. The van der Waals surface area contributed by atoms with Gasteiger partial charge in [-0.1, -0.05) is 24.6 Å². The van der Waals surface area contributed by atoms with E-state index in [9.17, 15) is 9.59 Å². The maximum atomic E-state index is 12.6. The number of carboxylic acids is 1. The molecule has 1 fully saturated rings. The van der Waals surface area contributed by atoms with Gasteiger partial charge in [0, 0.05) is 18.0 Å². The lowest BCUT2D eigenvalue weighted by Crippen LogP contribution is -2.32. The van der Waals surface area contributed by atoms with Gasteiger partial charge in [-0.2, -0.15) is 0 Å². The number of hydrogen-bond donors (Lipinski definition) is 2. The number of aromatic nitrogens is 1. The average molecular weight is 330 g/mol. The van der Waals surface area contributed by atoms with E-state index in [1.165, 1.54) is 11.0 Å². The Bertz CT molecular complexity index is 747. The molecule has 0 aliphatic heterocycles. The Morgan fingerprint density at radius 1 is 1.25 bits per heavy atom. The number of ether oxygens (including phenoxy) is 1. The fourth-order valence-corrected chi connectivity index (χ4v) is 3.27. The van der Waals surface area contributed by atoms with Crippen molar-refractivity contribution in [1.29, 1.82) is 0 Å². The summed E-state index contributed by atoms with van der Waals surface area (Å²) >= 11 is 0. The van der Waals surface area contributed by atoms with Crippen molar-refractivity contribution in [2.45, 2.75) is 50.7 Å². The number of nitrogens with two attached hydrogens (primary N) is 1. The quantitative estimate of drug-likeness (QED) is 0.899. The van der Waals surface area contributed by atoms with Gasteiger partial charge in [0.15, 0.2) is 0 Å². The predicted octanol–water partition coefficient (Wildman–Crippen LogP) is 2.91. The van der Waals surface area contributed by atoms with Crippen LogP contribution in [0, 0.1) is 0 Å². The summed E-state index contributed by atoms with van der Waals surface area (Å²) in [7, 11) is 0. The molecule has 1 aromatic heterocycles. The van der Waals surface area contributed by atoms with Crippen molar-refractivity contribution >= 4 is 23.0 Å². The third-order valence-corrected chi connectivity index (χ3v) is 4.57. The molecule has 0 amide bonds. The summed E-state index contributed by atoms with van der Waals surface area (Å²) in [6.07, 6.45) is 6.55. The first kappa shape index (κ1) is 16.5. The SMILES string of the molecule is N[C@@H](Cc1cn(C(=O)OC2CCCCC2)c2ccccc12)C(=O)O. The Balaban J connectivity index is 1.87. The van der Waals surface area contributed by atoms with Crippen LogP contribution in [-0.2, 0) is 16.0 Å². The van der Waals surface area contributed by atoms with E-state index in [1.54, 1.807) is 6.20 Å². The van der Waals surface area contributed by atoms with Gasteiger partial charge in [0.25, 0.3) is 0 Å². The molecule has 1 atom stereocenters. The smallest absolute Gasteiger partial charge is 0.418 e. The third kappa shape index (κ3) is 3.43. The van der Waals surface area contributed by atoms with Crippen LogP contribution < -0.4 is 5.73 Å². The van der Waals surface area contributed by atoms with E-state index in [1.807, 2.05) is 24.3 Å². The van der Waals surface area contributed by atoms with Crippen molar-refractivity contribution in [1.82, 2.24) is 4.57 Å². The van der Waals surface area contributed by atoms with Crippen molar-refractivity contribution in [2.24, 2.45) is 5.73 Å². The Labute approximate surface area is 140 Å². The van der Waals surface area contributed by atoms with Gasteiger partial charge in [0.1, 0.15) is 12.1 Å². The molecule has 0 spiro atoms. The molecule has 128 valence electrons. The molecule has 0 bridgehead atoms. The molecule has 3 N–H and O–H groups in total. The fourth-order valence-electron chi connectivity index (χ4n) is 3.27. The summed E-state index contributed by atoms with van der Waals surface area (Å²) in [5.41, 5.74) is 7.10. The van der Waals surface area contributed by atoms with E-state index in [2.05, 4.69) is 0 Å². The lowest BCUT2D eigenvalue weighted by atomic mass is 9.98. The van der Waals surface area contributed by atoms with E-state index in [0.717, 1.165) is 36.6 Å². The maximum Gasteiger partial charge on any atom is 0.418 e. The zero-order chi connectivity index (χ0) is 17.1. The van der Waals surface area contributed by atoms with E-state index in [-0.39, 0.29) is 12.5 Å². The number of hydrogen-bond acceptors (Lipinski definition) is 4. The van der Waals surface area contributed by atoms with Gasteiger partial charge >= 0.3 is 12.1 Å². The molecule has 1 aliphatic rings. The number of rotatable bonds is 4. The van der Waals surface area contributed by atoms with Crippen LogP contribution in [0.25, 0.3) is 10.9 Å². The molecule has 1 heterocycles. The average Bonchev–Trinajstić information content (AvgIpc) is 2.94. The molecule has 1 aliphatic carbocycles. The van der Waals surface area contributed by atoms with E-state index in [4.69, 9.17) is 15.6 Å². The van der Waals surface area contributed by atoms with Gasteiger partial charge < -0.3 is 15.6 Å². The molecule has 0 radical (unpaired) electrons. The number of fused-ring (bicyclic) bond motifs is 1. The maximum absolute atomic E-state index is 12.6. The van der Waals surface area contributed by atoms with Crippen LogP contribution in [0.4, 0.5) is 4.79 Å². The molecule has 2 aromatic rings. The highest BCUT2D eigenvalue weighted by Gasteiger charge is 2.22. The van der Waals surface area contributed by atoms with Gasteiger partial charge in [0.2, 0.25) is 0 Å². The fraction of sp³-hybridized carbons (Fsp3) is 0.444. The summed E-state index contributed by atoms with van der Waals surface area (Å²) in [5.74, 6) is -1.06. The lowest BCUT2D eigenvalue weighted by molar-refractivity contribution is -0.138. The second-order valence-electron chi connectivity index (χ2n) is 6.33. The van der Waals surface area contributed by atoms with Crippen LogP contribution in [0.1, 0.15) is 37.7 Å². The number of para-hydroxylation sites is 1. The van der Waals surface area contributed by atoms with Crippen molar-refractivity contribution in [3.05, 3.63) is 36.0 Å². The summed E-state index contributed by atoms with van der Waals surface area (Å²) < 4.78 is 7.09. The molecule has 6 heteroatoms. The second kappa shape index (κ2) is 7.05. The zero-order valence-electron chi connectivity index (χ0n) is 13.5. The molecule has 1 saturated carbocycles. The molecule has 24 heavy (non-hydrogen) atoms. The van der Waals surface area contributed by atoms with Gasteiger partial charge in [0.05, 0.1) is 5.52 Å². The Hall–Kier alpha value is -2.34. The summed E-state index contributed by atoms with van der Waals surface area (Å²) in [6.45, 7) is 0. The van der Waals surface area contributed by atoms with Crippen molar-refractivity contribution in [3.63, 3.8) is 0 Å². The lowest BCUT2D eigenvalue weighted by Gasteiger charge is -2.21. The van der Waals surface area contributed by atoms with Crippen molar-refractivity contribution in [3.8, 4) is 0 Å². The highest BCUT2D eigenvalue weighted by Crippen LogP contribution is 2.25. The van der Waals surface area contributed by atoms with Gasteiger partial charge in [-0.05, 0) is 37.3 Å². The predicted molar refractivity (Wildman–Crippen MR) is 90.0 cm³/mol. The normalized spacial score (nSPS) is 16.9. The van der Waals surface area contributed by atoms with Gasteiger partial charge in [-0.25, -0.2) is 4.79 Å². The van der Waals surface area contributed by atoms with Gasteiger partial charge in [-0.15, -0.1) is 0 Å². The molecular formula is C18H22N2O4. The summed E-state index contributed by atoms with van der Waals surface area (Å²) in [6, 6.07) is 6.39. The van der Waals surface area contributed by atoms with Crippen LogP contribution in [0.5, 0.6) is 0 Å². The minimum absolute atomic E-state index is 0.0304. The second-order valence-corrected chi connectivity index (χ2v) is 6.33. The monoisotopic (exact) mass is 330 g/mol. The van der Waals surface area contributed by atoms with E-state index >= 15 is 0 Å². The summed E-state index contributed by atoms with van der Waals surface area (Å²) in [4.78, 5) is 23.6. The molecule has 0 saturated heterocycles. The van der Waals surface area contributed by atoms with Crippen LogP contribution in [0.2, 0.25) is 0 Å². The number of carboxylic acid groups (broad SMARTS) is 1. The minimum atomic E-state index is -1.06. The first-order valence-electron chi connectivity index (χ1n) is 8.34. The number of aliphatic carboxylic acids is 1. The van der Waals surface area contributed by atoms with Crippen LogP contribution in [0.15, 0.2) is 30.5 Å². The topological polar surface area (TPSA) is 94.5 Å². The number of carbonyl (C=O) groups is 2. The van der Waals surface area contributed by atoms with Crippen molar-refractivity contribution < 1.29 is 19.4 Å². The zero-order valence-corrected chi connectivity index (χ0v) is 13.5. The third-order valence-electron chi connectivity index (χ3n) is 4.57. The first-order valence-corrected chi connectivity index (χ1v) is 8.34. The van der Waals surface area contributed by atoms with Gasteiger partial charge in [-0.3, -0.25) is 9.36 Å². The van der Waals surface area contributed by atoms with E-state index < -0.39 is 18.1 Å². The first-order chi connectivity index (χ1) is 11.6. The minimum Gasteiger partial charge on any atom is -0.480 e. The Morgan fingerprint density at radius 3 is 2.67 bits per heavy atom. The Kier molecular flexibility index (Phi) is 4.85. The number of benzene rings is 1. The molecular weight excluding hydrogens is 308 g/mol.